The van der Waals surface area contributed by atoms with Crippen LogP contribution in [0.5, 0.6) is 0 Å². The number of nitrogens with zero attached hydrogens (tertiary/aromatic N) is 2. The molecule has 0 aromatic heterocycles. The highest BCUT2D eigenvalue weighted by Crippen LogP contribution is 2.33. The molecule has 0 saturated heterocycles. The average Bonchev–Trinajstić information content (AvgIpc) is 2.63. The van der Waals surface area contributed by atoms with E-state index in [1.54, 1.807) is 0 Å². The number of benzene rings is 2. The van der Waals surface area contributed by atoms with Crippen molar-refractivity contribution in [3.05, 3.63) is 77.5 Å². The van der Waals surface area contributed by atoms with Gasteiger partial charge in [-0.3, -0.25) is 0 Å². The summed E-state index contributed by atoms with van der Waals surface area (Å²) >= 11 is 0. The van der Waals surface area contributed by atoms with Crippen LogP contribution < -0.4 is 4.48 Å². The summed E-state index contributed by atoms with van der Waals surface area (Å²) in [7, 11) is 0. The second-order valence-corrected chi connectivity index (χ2v) is 7.97. The number of hydrogen-bond acceptors (Lipinski definition) is 2. The number of aliphatic imine (C=N–C) groups is 1. The van der Waals surface area contributed by atoms with E-state index in [2.05, 4.69) is 87.6 Å². The zero-order valence-corrected chi connectivity index (χ0v) is 16.9. The summed E-state index contributed by atoms with van der Waals surface area (Å²) in [6.45, 7) is 11.2. The smallest absolute Gasteiger partial charge is 0.195 e. The predicted octanol–water partition coefficient (Wildman–Crippen LogP) is 5.41. The van der Waals surface area contributed by atoms with E-state index in [9.17, 15) is 0 Å². The lowest BCUT2D eigenvalue weighted by Gasteiger charge is -2.42. The molecule has 2 unspecified atom stereocenters. The summed E-state index contributed by atoms with van der Waals surface area (Å²) in [5.74, 6) is 0.542. The SMILES string of the molecule is Cc1ccc([N+]2(CC(C)C)C=NC=CC2COCc2ccccc2)c(C)c1. The Morgan fingerprint density at radius 1 is 1.07 bits per heavy atom. The normalized spacial score (nSPS) is 21.7. The molecule has 0 N–H and O–H groups in total. The monoisotopic (exact) mass is 363 g/mol. The Kier molecular flexibility index (Phi) is 6.25. The lowest BCUT2D eigenvalue weighted by atomic mass is 10.0. The third-order valence-electron chi connectivity index (χ3n) is 5.13. The fourth-order valence-electron chi connectivity index (χ4n) is 4.00. The van der Waals surface area contributed by atoms with E-state index in [1.165, 1.54) is 22.4 Å². The highest BCUT2D eigenvalue weighted by Gasteiger charge is 2.40. The highest BCUT2D eigenvalue weighted by molar-refractivity contribution is 5.78. The summed E-state index contributed by atoms with van der Waals surface area (Å²) in [6.07, 6.45) is 6.22. The van der Waals surface area contributed by atoms with Crippen LogP contribution in [-0.2, 0) is 11.3 Å². The largest absolute Gasteiger partial charge is 0.370 e. The quantitative estimate of drug-likeness (QED) is 0.603. The molecule has 142 valence electrons. The summed E-state index contributed by atoms with van der Waals surface area (Å²) < 4.78 is 6.87. The molecular weight excluding hydrogens is 332 g/mol. The van der Waals surface area contributed by atoms with Gasteiger partial charge in [-0.15, -0.1) is 0 Å². The molecule has 3 rings (SSSR count). The molecule has 0 fully saturated rings. The van der Waals surface area contributed by atoms with Gasteiger partial charge in [0.15, 0.2) is 6.34 Å². The Morgan fingerprint density at radius 3 is 2.56 bits per heavy atom. The fraction of sp³-hybridized carbons (Fsp3) is 0.375. The van der Waals surface area contributed by atoms with Crippen LogP contribution in [0, 0.1) is 19.8 Å². The second-order valence-electron chi connectivity index (χ2n) is 7.97. The van der Waals surface area contributed by atoms with Crippen molar-refractivity contribution in [1.29, 1.82) is 0 Å². The predicted molar refractivity (Wildman–Crippen MR) is 115 cm³/mol. The first-order chi connectivity index (χ1) is 13.0. The molecule has 3 nitrogen and oxygen atoms in total. The number of quaternary nitrogens is 1. The van der Waals surface area contributed by atoms with Crippen LogP contribution >= 0.6 is 0 Å². The Morgan fingerprint density at radius 2 is 1.85 bits per heavy atom. The molecule has 2 atom stereocenters. The minimum absolute atomic E-state index is 0.218. The van der Waals surface area contributed by atoms with Gasteiger partial charge in [-0.1, -0.05) is 61.9 Å². The molecule has 0 aliphatic carbocycles. The van der Waals surface area contributed by atoms with Gasteiger partial charge >= 0.3 is 0 Å². The Labute approximate surface area is 163 Å². The lowest BCUT2D eigenvalue weighted by molar-refractivity contribution is 0.0869. The molecule has 0 spiro atoms. The molecular formula is C24H31N2O+. The minimum Gasteiger partial charge on any atom is -0.370 e. The van der Waals surface area contributed by atoms with Crippen molar-refractivity contribution >= 4 is 12.0 Å². The van der Waals surface area contributed by atoms with Crippen molar-refractivity contribution in [2.75, 3.05) is 13.2 Å². The Bertz CT molecular complexity index is 810. The lowest BCUT2D eigenvalue weighted by Crippen LogP contribution is -2.60. The van der Waals surface area contributed by atoms with Gasteiger partial charge in [-0.2, -0.15) is 0 Å². The van der Waals surface area contributed by atoms with E-state index in [1.807, 2.05) is 12.3 Å². The number of hydrogen-bond donors (Lipinski definition) is 0. The zero-order chi connectivity index (χ0) is 19.3. The Hall–Kier alpha value is -2.23. The van der Waals surface area contributed by atoms with Gasteiger partial charge in [0.1, 0.15) is 18.3 Å². The third-order valence-corrected chi connectivity index (χ3v) is 5.13. The van der Waals surface area contributed by atoms with Crippen LogP contribution in [0.4, 0.5) is 5.69 Å². The number of rotatable bonds is 7. The molecule has 1 aliphatic rings. The fourth-order valence-corrected chi connectivity index (χ4v) is 4.00. The van der Waals surface area contributed by atoms with Crippen molar-refractivity contribution in [3.63, 3.8) is 0 Å². The van der Waals surface area contributed by atoms with E-state index in [-0.39, 0.29) is 6.04 Å². The van der Waals surface area contributed by atoms with Crippen LogP contribution in [0.2, 0.25) is 0 Å². The van der Waals surface area contributed by atoms with Crippen LogP contribution in [0.1, 0.15) is 30.5 Å². The zero-order valence-electron chi connectivity index (χ0n) is 16.9. The molecule has 0 saturated carbocycles. The van der Waals surface area contributed by atoms with E-state index in [0.717, 1.165) is 11.0 Å². The summed E-state index contributed by atoms with van der Waals surface area (Å²) in [5.41, 5.74) is 5.13. The van der Waals surface area contributed by atoms with Crippen LogP contribution in [0.3, 0.4) is 0 Å². The first kappa shape index (κ1) is 19.5. The van der Waals surface area contributed by atoms with Crippen molar-refractivity contribution in [3.8, 4) is 0 Å². The van der Waals surface area contributed by atoms with Crippen LogP contribution in [0.15, 0.2) is 65.8 Å². The van der Waals surface area contributed by atoms with Crippen molar-refractivity contribution in [2.24, 2.45) is 10.9 Å². The standard InChI is InChI=1S/C24H31N2O/c1-19(2)15-26(24-11-10-20(3)14-21(24)4)18-25-13-12-23(26)17-27-16-22-8-6-5-7-9-22/h5-14,18-19,23H,15-17H2,1-4H3/q+1. The van der Waals surface area contributed by atoms with Gasteiger partial charge in [0, 0.05) is 23.7 Å². The first-order valence-corrected chi connectivity index (χ1v) is 9.79. The molecule has 27 heavy (non-hydrogen) atoms. The molecule has 3 heteroatoms. The van der Waals surface area contributed by atoms with Gasteiger partial charge in [0.05, 0.1) is 13.2 Å². The molecule has 0 bridgehead atoms. The van der Waals surface area contributed by atoms with E-state index in [0.29, 0.717) is 19.1 Å². The molecule has 1 heterocycles. The maximum absolute atomic E-state index is 6.15. The van der Waals surface area contributed by atoms with Crippen LogP contribution in [0.25, 0.3) is 0 Å². The van der Waals surface area contributed by atoms with Gasteiger partial charge in [0.25, 0.3) is 0 Å². The maximum Gasteiger partial charge on any atom is 0.195 e. The number of ether oxygens (including phenoxy) is 1. The van der Waals surface area contributed by atoms with Gasteiger partial charge < -0.3 is 4.74 Å². The third kappa shape index (κ3) is 4.55. The average molecular weight is 364 g/mol. The van der Waals surface area contributed by atoms with Gasteiger partial charge in [-0.25, -0.2) is 9.48 Å². The minimum atomic E-state index is 0.218. The number of aryl methyl sites for hydroxylation is 2. The van der Waals surface area contributed by atoms with E-state index < -0.39 is 0 Å². The first-order valence-electron chi connectivity index (χ1n) is 9.79. The molecule has 2 aromatic carbocycles. The topological polar surface area (TPSA) is 21.6 Å². The van der Waals surface area contributed by atoms with Crippen molar-refractivity contribution < 1.29 is 4.74 Å². The molecule has 1 aliphatic heterocycles. The van der Waals surface area contributed by atoms with Gasteiger partial charge in [-0.05, 0) is 25.5 Å². The maximum atomic E-state index is 6.15. The molecule has 0 amide bonds. The summed E-state index contributed by atoms with van der Waals surface area (Å²) in [5, 5.41) is 0. The molecule has 0 radical (unpaired) electrons. The van der Waals surface area contributed by atoms with E-state index >= 15 is 0 Å². The van der Waals surface area contributed by atoms with Crippen molar-refractivity contribution in [2.45, 2.75) is 40.3 Å². The second kappa shape index (κ2) is 8.64. The van der Waals surface area contributed by atoms with Gasteiger partial charge in [0.2, 0.25) is 0 Å². The highest BCUT2D eigenvalue weighted by atomic mass is 16.5. The van der Waals surface area contributed by atoms with Crippen molar-refractivity contribution in [1.82, 2.24) is 4.48 Å². The van der Waals surface area contributed by atoms with Crippen LogP contribution in [-0.4, -0.2) is 25.5 Å². The Balaban J connectivity index is 1.87. The molecule has 2 aromatic rings. The summed E-state index contributed by atoms with van der Waals surface area (Å²) in [4.78, 5) is 4.55. The van der Waals surface area contributed by atoms with E-state index in [4.69, 9.17) is 4.74 Å². The summed E-state index contributed by atoms with van der Waals surface area (Å²) in [6, 6.07) is 17.3.